The summed E-state index contributed by atoms with van der Waals surface area (Å²) in [6, 6.07) is 4.34. The first kappa shape index (κ1) is 15.5. The molecule has 0 spiro atoms. The van der Waals surface area contributed by atoms with Crippen LogP contribution in [0.4, 0.5) is 11.4 Å². The van der Waals surface area contributed by atoms with Gasteiger partial charge >= 0.3 is 5.97 Å². The summed E-state index contributed by atoms with van der Waals surface area (Å²) < 4.78 is 10.1. The van der Waals surface area contributed by atoms with Gasteiger partial charge in [-0.05, 0) is 6.07 Å². The number of nitro groups is 1. The van der Waals surface area contributed by atoms with Crippen LogP contribution < -0.4 is 4.90 Å². The van der Waals surface area contributed by atoms with E-state index in [-0.39, 0.29) is 24.2 Å². The Morgan fingerprint density at radius 2 is 2.38 bits per heavy atom. The van der Waals surface area contributed by atoms with E-state index in [1.54, 1.807) is 6.07 Å². The number of rotatable bonds is 4. The molecule has 0 amide bonds. The van der Waals surface area contributed by atoms with Crippen molar-refractivity contribution in [2.45, 2.75) is 12.5 Å². The van der Waals surface area contributed by atoms with E-state index in [1.165, 1.54) is 19.2 Å². The Labute approximate surface area is 126 Å². The predicted octanol–water partition coefficient (Wildman–Crippen LogP) is 2.02. The fourth-order valence-corrected chi connectivity index (χ4v) is 2.49. The topological polar surface area (TPSA) is 81.9 Å². The van der Waals surface area contributed by atoms with E-state index in [0.717, 1.165) is 0 Å². The Morgan fingerprint density at radius 3 is 3.00 bits per heavy atom. The van der Waals surface area contributed by atoms with Gasteiger partial charge in [-0.2, -0.15) is 0 Å². The Kier molecular flexibility index (Phi) is 4.98. The highest BCUT2D eigenvalue weighted by Crippen LogP contribution is 2.31. The molecular weight excluding hydrogens is 300 g/mol. The summed E-state index contributed by atoms with van der Waals surface area (Å²) in [6.45, 7) is 1.54. The number of carbonyl (C=O) groups is 1. The lowest BCUT2D eigenvalue weighted by atomic mass is 10.1. The van der Waals surface area contributed by atoms with E-state index < -0.39 is 4.92 Å². The number of hydrogen-bond donors (Lipinski definition) is 0. The first-order chi connectivity index (χ1) is 10.0. The normalized spacial score (nSPS) is 18.4. The molecule has 2 rings (SSSR count). The fraction of sp³-hybridized carbons (Fsp3) is 0.462. The smallest absolute Gasteiger partial charge is 0.308 e. The second-order valence-electron chi connectivity index (χ2n) is 4.61. The summed E-state index contributed by atoms with van der Waals surface area (Å²) >= 11 is 6.11. The summed E-state index contributed by atoms with van der Waals surface area (Å²) in [5.41, 5.74) is 0.642. The quantitative estimate of drug-likeness (QED) is 0.480. The number of nitro benzene ring substituents is 1. The molecule has 0 aliphatic carbocycles. The van der Waals surface area contributed by atoms with E-state index in [9.17, 15) is 14.9 Å². The lowest BCUT2D eigenvalue weighted by Gasteiger charge is -2.34. The van der Waals surface area contributed by atoms with E-state index in [4.69, 9.17) is 16.3 Å². The van der Waals surface area contributed by atoms with Crippen LogP contribution in [0.5, 0.6) is 0 Å². The highest BCUT2D eigenvalue weighted by atomic mass is 35.5. The summed E-state index contributed by atoms with van der Waals surface area (Å²) in [6.07, 6.45) is -0.116. The zero-order valence-corrected chi connectivity index (χ0v) is 12.2. The number of non-ortho nitro benzene ring substituents is 1. The Balaban J connectivity index is 2.10. The van der Waals surface area contributed by atoms with Crippen LogP contribution in [0.25, 0.3) is 0 Å². The van der Waals surface area contributed by atoms with E-state index in [2.05, 4.69) is 4.74 Å². The van der Waals surface area contributed by atoms with Crippen molar-refractivity contribution in [1.29, 1.82) is 0 Å². The molecule has 0 aromatic heterocycles. The molecule has 0 saturated carbocycles. The lowest BCUT2D eigenvalue weighted by molar-refractivity contribution is -0.384. The van der Waals surface area contributed by atoms with Gasteiger partial charge in [-0.1, -0.05) is 11.6 Å². The second kappa shape index (κ2) is 6.73. The zero-order valence-electron chi connectivity index (χ0n) is 11.5. The number of hydrogen-bond acceptors (Lipinski definition) is 6. The van der Waals surface area contributed by atoms with Gasteiger partial charge in [0, 0.05) is 25.2 Å². The van der Waals surface area contributed by atoms with Crippen molar-refractivity contribution in [2.75, 3.05) is 31.7 Å². The molecule has 1 saturated heterocycles. The molecule has 1 atom stereocenters. The van der Waals surface area contributed by atoms with Gasteiger partial charge in [0.15, 0.2) is 0 Å². The van der Waals surface area contributed by atoms with Crippen LogP contribution in [0, 0.1) is 10.1 Å². The highest BCUT2D eigenvalue weighted by molar-refractivity contribution is 6.33. The fourth-order valence-electron chi connectivity index (χ4n) is 2.20. The third-order valence-corrected chi connectivity index (χ3v) is 3.55. The summed E-state index contributed by atoms with van der Waals surface area (Å²) in [5, 5.41) is 11.0. The molecule has 0 bridgehead atoms. The van der Waals surface area contributed by atoms with Gasteiger partial charge in [0.2, 0.25) is 0 Å². The van der Waals surface area contributed by atoms with Crippen molar-refractivity contribution in [1.82, 2.24) is 0 Å². The van der Waals surface area contributed by atoms with Crippen LogP contribution in [-0.4, -0.2) is 43.8 Å². The molecule has 1 aromatic rings. The number of methoxy groups -OCH3 is 1. The van der Waals surface area contributed by atoms with Crippen molar-refractivity contribution in [3.8, 4) is 0 Å². The molecule has 1 fully saturated rings. The van der Waals surface area contributed by atoms with E-state index >= 15 is 0 Å². The van der Waals surface area contributed by atoms with Gasteiger partial charge in [0.05, 0.1) is 41.9 Å². The molecule has 8 heteroatoms. The van der Waals surface area contributed by atoms with Crippen LogP contribution in [0.1, 0.15) is 6.42 Å². The monoisotopic (exact) mass is 314 g/mol. The molecule has 1 unspecified atom stereocenters. The minimum Gasteiger partial charge on any atom is -0.469 e. The lowest BCUT2D eigenvalue weighted by Crippen LogP contribution is -2.43. The Morgan fingerprint density at radius 1 is 1.62 bits per heavy atom. The van der Waals surface area contributed by atoms with Gasteiger partial charge in [-0.25, -0.2) is 0 Å². The summed E-state index contributed by atoms with van der Waals surface area (Å²) in [5.74, 6) is -0.336. The summed E-state index contributed by atoms with van der Waals surface area (Å²) in [4.78, 5) is 23.5. The van der Waals surface area contributed by atoms with Crippen LogP contribution in [0.15, 0.2) is 18.2 Å². The van der Waals surface area contributed by atoms with Crippen LogP contribution >= 0.6 is 11.6 Å². The average Bonchev–Trinajstić information content (AvgIpc) is 2.47. The third kappa shape index (κ3) is 3.83. The molecule has 0 N–H and O–H groups in total. The van der Waals surface area contributed by atoms with Gasteiger partial charge in [-0.15, -0.1) is 0 Å². The van der Waals surface area contributed by atoms with E-state index in [0.29, 0.717) is 30.4 Å². The highest BCUT2D eigenvalue weighted by Gasteiger charge is 2.25. The molecule has 114 valence electrons. The van der Waals surface area contributed by atoms with Gasteiger partial charge in [-0.3, -0.25) is 14.9 Å². The minimum atomic E-state index is -0.491. The van der Waals surface area contributed by atoms with Crippen molar-refractivity contribution in [3.05, 3.63) is 33.3 Å². The Bertz CT molecular complexity index is 551. The van der Waals surface area contributed by atoms with Crippen molar-refractivity contribution in [3.63, 3.8) is 0 Å². The maximum absolute atomic E-state index is 11.3. The number of carbonyl (C=O) groups excluding carboxylic acids is 1. The van der Waals surface area contributed by atoms with Crippen molar-refractivity contribution < 1.29 is 19.2 Å². The van der Waals surface area contributed by atoms with Crippen LogP contribution in [-0.2, 0) is 14.3 Å². The molecule has 1 aliphatic heterocycles. The van der Waals surface area contributed by atoms with Gasteiger partial charge in [0.25, 0.3) is 5.69 Å². The van der Waals surface area contributed by atoms with Crippen molar-refractivity contribution in [2.24, 2.45) is 0 Å². The third-order valence-electron chi connectivity index (χ3n) is 3.24. The van der Waals surface area contributed by atoms with Crippen LogP contribution in [0.2, 0.25) is 5.02 Å². The van der Waals surface area contributed by atoms with Crippen LogP contribution in [0.3, 0.4) is 0 Å². The molecule has 1 aliphatic rings. The molecular formula is C13H15ClN2O5. The molecule has 21 heavy (non-hydrogen) atoms. The number of esters is 1. The van der Waals surface area contributed by atoms with Crippen molar-refractivity contribution >= 4 is 28.9 Å². The maximum Gasteiger partial charge on any atom is 0.308 e. The van der Waals surface area contributed by atoms with Gasteiger partial charge in [0.1, 0.15) is 0 Å². The minimum absolute atomic E-state index is 0.0527. The average molecular weight is 315 g/mol. The number of nitrogens with zero attached hydrogens (tertiary/aromatic N) is 2. The maximum atomic E-state index is 11.3. The van der Waals surface area contributed by atoms with Gasteiger partial charge < -0.3 is 14.4 Å². The number of anilines is 1. The standard InChI is InChI=1S/C13H15ClN2O5/c1-20-13(17)7-10-8-15(4-5-21-10)12-3-2-9(16(18)19)6-11(12)14/h2-3,6,10H,4-5,7-8H2,1H3. The summed E-state index contributed by atoms with van der Waals surface area (Å²) in [7, 11) is 1.33. The number of halogens is 1. The number of ether oxygens (including phenoxy) is 2. The number of benzene rings is 1. The SMILES string of the molecule is COC(=O)CC1CN(c2ccc([N+](=O)[O-])cc2Cl)CCO1. The largest absolute Gasteiger partial charge is 0.469 e. The Hall–Kier alpha value is -1.86. The first-order valence-corrected chi connectivity index (χ1v) is 6.76. The first-order valence-electron chi connectivity index (χ1n) is 6.38. The molecule has 0 radical (unpaired) electrons. The number of morpholine rings is 1. The predicted molar refractivity (Wildman–Crippen MR) is 76.7 cm³/mol. The zero-order chi connectivity index (χ0) is 15.4. The van der Waals surface area contributed by atoms with E-state index in [1.807, 2.05) is 4.90 Å². The molecule has 7 nitrogen and oxygen atoms in total. The molecule has 1 aromatic carbocycles. The second-order valence-corrected chi connectivity index (χ2v) is 5.02. The molecule has 1 heterocycles.